The van der Waals surface area contributed by atoms with Crippen LogP contribution in [0.1, 0.15) is 6.92 Å². The third kappa shape index (κ3) is 2.36. The van der Waals surface area contributed by atoms with Crippen LogP contribution in [0, 0.1) is 0 Å². The van der Waals surface area contributed by atoms with Crippen molar-refractivity contribution in [3.8, 4) is 5.75 Å². The van der Waals surface area contributed by atoms with Crippen molar-refractivity contribution in [3.05, 3.63) is 36.9 Å². The van der Waals surface area contributed by atoms with Gasteiger partial charge in [0.25, 0.3) is 0 Å². The lowest BCUT2D eigenvalue weighted by Crippen LogP contribution is -2.28. The van der Waals surface area contributed by atoms with Crippen molar-refractivity contribution in [2.45, 2.75) is 6.92 Å². The van der Waals surface area contributed by atoms with Gasteiger partial charge in [0.2, 0.25) is 5.91 Å². The maximum absolute atomic E-state index is 11.2. The summed E-state index contributed by atoms with van der Waals surface area (Å²) in [5, 5.41) is 9.08. The van der Waals surface area contributed by atoms with Crippen molar-refractivity contribution in [1.29, 1.82) is 0 Å². The van der Waals surface area contributed by atoms with Crippen LogP contribution < -0.4 is 4.90 Å². The summed E-state index contributed by atoms with van der Waals surface area (Å²) in [5.74, 6) is 0.145. The van der Waals surface area contributed by atoms with Gasteiger partial charge in [0, 0.05) is 19.2 Å². The summed E-state index contributed by atoms with van der Waals surface area (Å²) in [7, 11) is 0. The summed E-state index contributed by atoms with van der Waals surface area (Å²) < 4.78 is 0. The van der Waals surface area contributed by atoms with Crippen LogP contribution in [0.4, 0.5) is 5.69 Å². The van der Waals surface area contributed by atoms with Crippen LogP contribution in [0.2, 0.25) is 0 Å². The standard InChI is InChI=1S/C11H13NO2/c1-3-8-12(9(2)13)10-4-6-11(14)7-5-10/h3-7,14H,1,8H2,2H3. The van der Waals surface area contributed by atoms with Gasteiger partial charge in [-0.2, -0.15) is 0 Å². The second-order valence-electron chi connectivity index (χ2n) is 2.93. The summed E-state index contributed by atoms with van der Waals surface area (Å²) in [4.78, 5) is 12.8. The molecule has 74 valence electrons. The average Bonchev–Trinajstić information content (AvgIpc) is 2.15. The minimum atomic E-state index is -0.0458. The van der Waals surface area contributed by atoms with Crippen LogP contribution in [-0.4, -0.2) is 17.6 Å². The Kier molecular flexibility index (Phi) is 3.29. The number of phenolic OH excluding ortho intramolecular Hbond substituents is 1. The third-order valence-corrected chi connectivity index (χ3v) is 1.85. The third-order valence-electron chi connectivity index (χ3n) is 1.85. The molecule has 0 heterocycles. The number of benzene rings is 1. The van der Waals surface area contributed by atoms with Gasteiger partial charge in [-0.3, -0.25) is 4.79 Å². The van der Waals surface area contributed by atoms with Gasteiger partial charge in [0.15, 0.2) is 0 Å². The molecule has 0 aliphatic carbocycles. The molecule has 0 radical (unpaired) electrons. The highest BCUT2D eigenvalue weighted by Gasteiger charge is 2.08. The van der Waals surface area contributed by atoms with Gasteiger partial charge in [0.1, 0.15) is 5.75 Å². The first-order valence-corrected chi connectivity index (χ1v) is 4.33. The zero-order chi connectivity index (χ0) is 10.6. The van der Waals surface area contributed by atoms with Crippen molar-refractivity contribution in [2.24, 2.45) is 0 Å². The number of carbonyl (C=O) groups excluding carboxylic acids is 1. The van der Waals surface area contributed by atoms with E-state index < -0.39 is 0 Å². The van der Waals surface area contributed by atoms with Crippen LogP contribution >= 0.6 is 0 Å². The molecule has 0 aromatic heterocycles. The zero-order valence-electron chi connectivity index (χ0n) is 8.10. The van der Waals surface area contributed by atoms with Gasteiger partial charge in [-0.1, -0.05) is 6.08 Å². The molecular formula is C11H13NO2. The van der Waals surface area contributed by atoms with E-state index in [0.29, 0.717) is 6.54 Å². The first-order chi connectivity index (χ1) is 6.65. The highest BCUT2D eigenvalue weighted by molar-refractivity contribution is 5.91. The number of carbonyl (C=O) groups is 1. The summed E-state index contributed by atoms with van der Waals surface area (Å²) in [6.07, 6.45) is 1.66. The molecule has 0 fully saturated rings. The Hall–Kier alpha value is -1.77. The number of rotatable bonds is 3. The van der Waals surface area contributed by atoms with E-state index in [4.69, 9.17) is 5.11 Å². The lowest BCUT2D eigenvalue weighted by molar-refractivity contribution is -0.116. The average molecular weight is 191 g/mol. The van der Waals surface area contributed by atoms with Crippen LogP contribution in [0.15, 0.2) is 36.9 Å². The van der Waals surface area contributed by atoms with Crippen LogP contribution in [0.25, 0.3) is 0 Å². The van der Waals surface area contributed by atoms with E-state index in [9.17, 15) is 4.79 Å². The van der Waals surface area contributed by atoms with Gasteiger partial charge in [-0.25, -0.2) is 0 Å². The van der Waals surface area contributed by atoms with E-state index >= 15 is 0 Å². The Balaban J connectivity index is 2.93. The Labute approximate surface area is 83.3 Å². The highest BCUT2D eigenvalue weighted by Crippen LogP contribution is 2.18. The zero-order valence-corrected chi connectivity index (χ0v) is 8.10. The maximum Gasteiger partial charge on any atom is 0.224 e. The quantitative estimate of drug-likeness (QED) is 0.741. The monoisotopic (exact) mass is 191 g/mol. The topological polar surface area (TPSA) is 40.5 Å². The molecule has 0 spiro atoms. The first kappa shape index (κ1) is 10.3. The van der Waals surface area contributed by atoms with Crippen LogP contribution in [-0.2, 0) is 4.79 Å². The van der Waals surface area contributed by atoms with E-state index in [1.807, 2.05) is 0 Å². The second kappa shape index (κ2) is 4.46. The van der Waals surface area contributed by atoms with Crippen LogP contribution in [0.3, 0.4) is 0 Å². The number of amides is 1. The Morgan fingerprint density at radius 1 is 1.50 bits per heavy atom. The molecule has 0 saturated heterocycles. The van der Waals surface area contributed by atoms with E-state index in [1.165, 1.54) is 6.92 Å². The number of phenols is 1. The van der Waals surface area contributed by atoms with Crippen molar-refractivity contribution in [3.63, 3.8) is 0 Å². The van der Waals surface area contributed by atoms with Gasteiger partial charge in [-0.15, -0.1) is 6.58 Å². The minimum absolute atomic E-state index is 0.0458. The van der Waals surface area contributed by atoms with Gasteiger partial charge in [0.05, 0.1) is 0 Å². The number of aromatic hydroxyl groups is 1. The largest absolute Gasteiger partial charge is 0.508 e. The molecule has 3 heteroatoms. The van der Waals surface area contributed by atoms with Crippen molar-refractivity contribution >= 4 is 11.6 Å². The molecule has 1 rings (SSSR count). The Morgan fingerprint density at radius 2 is 2.07 bits per heavy atom. The Bertz CT molecular complexity index is 330. The second-order valence-corrected chi connectivity index (χ2v) is 2.93. The van der Waals surface area contributed by atoms with Crippen molar-refractivity contribution in [1.82, 2.24) is 0 Å². The summed E-state index contributed by atoms with van der Waals surface area (Å²) >= 11 is 0. The fourth-order valence-electron chi connectivity index (χ4n) is 1.18. The molecule has 1 amide bonds. The summed E-state index contributed by atoms with van der Waals surface area (Å²) in [6, 6.07) is 6.49. The lowest BCUT2D eigenvalue weighted by atomic mass is 10.2. The summed E-state index contributed by atoms with van der Waals surface area (Å²) in [6.45, 7) is 5.55. The molecule has 0 atom stereocenters. The fraction of sp³-hybridized carbons (Fsp3) is 0.182. The van der Waals surface area contributed by atoms with E-state index in [2.05, 4.69) is 6.58 Å². The SMILES string of the molecule is C=CCN(C(C)=O)c1ccc(O)cc1. The normalized spacial score (nSPS) is 9.50. The van der Waals surface area contributed by atoms with Crippen molar-refractivity contribution < 1.29 is 9.90 Å². The van der Waals surface area contributed by atoms with E-state index in [-0.39, 0.29) is 11.7 Å². The van der Waals surface area contributed by atoms with Crippen molar-refractivity contribution in [2.75, 3.05) is 11.4 Å². The molecule has 0 bridgehead atoms. The van der Waals surface area contributed by atoms with Gasteiger partial charge < -0.3 is 10.0 Å². The molecule has 1 N–H and O–H groups in total. The predicted molar refractivity (Wildman–Crippen MR) is 56.3 cm³/mol. The number of anilines is 1. The van der Waals surface area contributed by atoms with Gasteiger partial charge in [-0.05, 0) is 24.3 Å². The predicted octanol–water partition coefficient (Wildman–Crippen LogP) is 1.93. The minimum Gasteiger partial charge on any atom is -0.508 e. The number of nitrogens with zero attached hydrogens (tertiary/aromatic N) is 1. The molecule has 14 heavy (non-hydrogen) atoms. The summed E-state index contributed by atoms with van der Waals surface area (Å²) in [5.41, 5.74) is 0.759. The number of hydrogen-bond donors (Lipinski definition) is 1. The molecular weight excluding hydrogens is 178 g/mol. The Morgan fingerprint density at radius 3 is 2.50 bits per heavy atom. The van der Waals surface area contributed by atoms with E-state index in [1.54, 1.807) is 35.2 Å². The van der Waals surface area contributed by atoms with Gasteiger partial charge >= 0.3 is 0 Å². The molecule has 0 saturated carbocycles. The molecule has 1 aromatic rings. The van der Waals surface area contributed by atoms with Crippen LogP contribution in [0.5, 0.6) is 5.75 Å². The molecule has 1 aromatic carbocycles. The molecule has 0 aliphatic heterocycles. The van der Waals surface area contributed by atoms with E-state index in [0.717, 1.165) is 5.69 Å². The fourth-order valence-corrected chi connectivity index (χ4v) is 1.18. The first-order valence-electron chi connectivity index (χ1n) is 4.33. The smallest absolute Gasteiger partial charge is 0.224 e. The highest BCUT2D eigenvalue weighted by atomic mass is 16.3. The molecule has 0 aliphatic rings. The molecule has 3 nitrogen and oxygen atoms in total. The maximum atomic E-state index is 11.2. The lowest BCUT2D eigenvalue weighted by Gasteiger charge is -2.19. The number of hydrogen-bond acceptors (Lipinski definition) is 2. The molecule has 0 unspecified atom stereocenters.